The second kappa shape index (κ2) is 7.36. The predicted molar refractivity (Wildman–Crippen MR) is 64.0 cm³/mol. The van der Waals surface area contributed by atoms with Gasteiger partial charge in [0.25, 0.3) is 0 Å². The fourth-order valence-corrected chi connectivity index (χ4v) is 1.62. The molecule has 1 atom stereocenters. The maximum atomic E-state index is 13.2. The van der Waals surface area contributed by atoms with Crippen molar-refractivity contribution in [1.82, 2.24) is 5.32 Å². The molecule has 0 radical (unpaired) electrons. The average molecular weight is 225 g/mol. The number of hydrogen-bond donors (Lipinski definition) is 1. The van der Waals surface area contributed by atoms with Gasteiger partial charge in [0.1, 0.15) is 5.82 Å². The summed E-state index contributed by atoms with van der Waals surface area (Å²) >= 11 is 0. The minimum atomic E-state index is -0.116. The van der Waals surface area contributed by atoms with Gasteiger partial charge in [0, 0.05) is 13.7 Å². The first-order valence-corrected chi connectivity index (χ1v) is 5.67. The quantitative estimate of drug-likeness (QED) is 0.719. The molecule has 16 heavy (non-hydrogen) atoms. The number of benzene rings is 1. The molecule has 1 unspecified atom stereocenters. The van der Waals surface area contributed by atoms with Crippen LogP contribution in [0.2, 0.25) is 0 Å². The summed E-state index contributed by atoms with van der Waals surface area (Å²) < 4.78 is 18.3. The van der Waals surface area contributed by atoms with E-state index in [0.29, 0.717) is 5.92 Å². The Morgan fingerprint density at radius 3 is 2.81 bits per heavy atom. The van der Waals surface area contributed by atoms with Gasteiger partial charge in [-0.1, -0.05) is 25.1 Å². The molecule has 0 amide bonds. The molecule has 0 aliphatic rings. The third kappa shape index (κ3) is 4.73. The molecule has 0 aliphatic heterocycles. The fraction of sp³-hybridized carbons (Fsp3) is 0.538. The van der Waals surface area contributed by atoms with Gasteiger partial charge in [-0.25, -0.2) is 4.39 Å². The summed E-state index contributed by atoms with van der Waals surface area (Å²) in [5, 5.41) is 3.30. The summed E-state index contributed by atoms with van der Waals surface area (Å²) in [6, 6.07) is 6.91. The van der Waals surface area contributed by atoms with E-state index < -0.39 is 0 Å². The van der Waals surface area contributed by atoms with Crippen molar-refractivity contribution in [2.75, 3.05) is 26.8 Å². The van der Waals surface area contributed by atoms with Crippen molar-refractivity contribution < 1.29 is 9.13 Å². The lowest BCUT2D eigenvalue weighted by molar-refractivity contribution is 0.158. The van der Waals surface area contributed by atoms with Crippen LogP contribution < -0.4 is 5.32 Å². The van der Waals surface area contributed by atoms with Crippen molar-refractivity contribution >= 4 is 0 Å². The zero-order chi connectivity index (χ0) is 11.8. The van der Waals surface area contributed by atoms with E-state index in [4.69, 9.17) is 4.74 Å². The van der Waals surface area contributed by atoms with Crippen LogP contribution in [0.4, 0.5) is 4.39 Å². The average Bonchev–Trinajstić information content (AvgIpc) is 2.27. The SMILES string of the molecule is COCC(C)CNCCc1ccccc1F. The zero-order valence-electron chi connectivity index (χ0n) is 10.0. The molecule has 0 saturated heterocycles. The van der Waals surface area contributed by atoms with E-state index in [9.17, 15) is 4.39 Å². The monoisotopic (exact) mass is 225 g/mol. The van der Waals surface area contributed by atoms with Crippen molar-refractivity contribution in [2.24, 2.45) is 5.92 Å². The lowest BCUT2D eigenvalue weighted by Gasteiger charge is -2.11. The van der Waals surface area contributed by atoms with Gasteiger partial charge in [0.05, 0.1) is 0 Å². The number of ether oxygens (including phenoxy) is 1. The summed E-state index contributed by atoms with van der Waals surface area (Å²) in [4.78, 5) is 0. The Hall–Kier alpha value is -0.930. The van der Waals surface area contributed by atoms with Crippen LogP contribution in [-0.2, 0) is 11.2 Å². The van der Waals surface area contributed by atoms with Crippen LogP contribution in [0.5, 0.6) is 0 Å². The Kier molecular flexibility index (Phi) is 6.04. The lowest BCUT2D eigenvalue weighted by Crippen LogP contribution is -2.25. The van der Waals surface area contributed by atoms with Crippen LogP contribution in [0.3, 0.4) is 0 Å². The van der Waals surface area contributed by atoms with Crippen LogP contribution in [0.25, 0.3) is 0 Å². The minimum Gasteiger partial charge on any atom is -0.384 e. The van der Waals surface area contributed by atoms with Crippen molar-refractivity contribution in [1.29, 1.82) is 0 Å². The van der Waals surface area contributed by atoms with Crippen LogP contribution in [0, 0.1) is 11.7 Å². The first kappa shape index (κ1) is 13.1. The molecule has 0 fully saturated rings. The standard InChI is InChI=1S/C13H20FNO/c1-11(10-16-2)9-15-8-7-12-5-3-4-6-13(12)14/h3-6,11,15H,7-10H2,1-2H3. The summed E-state index contributed by atoms with van der Waals surface area (Å²) in [5.74, 6) is 0.375. The van der Waals surface area contributed by atoms with E-state index in [1.54, 1.807) is 13.2 Å². The van der Waals surface area contributed by atoms with Crippen LogP contribution in [0.15, 0.2) is 24.3 Å². The molecule has 1 aromatic carbocycles. The smallest absolute Gasteiger partial charge is 0.126 e. The molecule has 0 bridgehead atoms. The second-order valence-corrected chi connectivity index (χ2v) is 4.11. The minimum absolute atomic E-state index is 0.116. The van der Waals surface area contributed by atoms with E-state index in [0.717, 1.165) is 31.7 Å². The largest absolute Gasteiger partial charge is 0.384 e. The number of nitrogens with one attached hydrogen (secondary N) is 1. The van der Waals surface area contributed by atoms with E-state index in [-0.39, 0.29) is 5.82 Å². The first-order chi connectivity index (χ1) is 7.74. The maximum absolute atomic E-state index is 13.2. The van der Waals surface area contributed by atoms with Gasteiger partial charge in [-0.05, 0) is 37.1 Å². The van der Waals surface area contributed by atoms with E-state index in [2.05, 4.69) is 12.2 Å². The Balaban J connectivity index is 2.19. The van der Waals surface area contributed by atoms with Gasteiger partial charge in [-0.2, -0.15) is 0 Å². The van der Waals surface area contributed by atoms with E-state index >= 15 is 0 Å². The summed E-state index contributed by atoms with van der Waals surface area (Å²) in [6.45, 7) is 4.59. The molecular formula is C13H20FNO. The molecule has 3 heteroatoms. The fourth-order valence-electron chi connectivity index (χ4n) is 1.62. The molecule has 0 saturated carbocycles. The molecule has 1 aromatic rings. The summed E-state index contributed by atoms with van der Waals surface area (Å²) in [6.07, 6.45) is 0.729. The highest BCUT2D eigenvalue weighted by Crippen LogP contribution is 2.06. The van der Waals surface area contributed by atoms with Gasteiger partial charge in [0.15, 0.2) is 0 Å². The summed E-state index contributed by atoms with van der Waals surface area (Å²) in [5.41, 5.74) is 0.773. The van der Waals surface area contributed by atoms with Gasteiger partial charge in [-0.15, -0.1) is 0 Å². The topological polar surface area (TPSA) is 21.3 Å². The van der Waals surface area contributed by atoms with Crippen LogP contribution in [0.1, 0.15) is 12.5 Å². The highest BCUT2D eigenvalue weighted by Gasteiger charge is 2.02. The number of rotatable bonds is 7. The zero-order valence-corrected chi connectivity index (χ0v) is 10.0. The van der Waals surface area contributed by atoms with Crippen molar-refractivity contribution in [3.05, 3.63) is 35.6 Å². The third-order valence-electron chi connectivity index (χ3n) is 2.47. The lowest BCUT2D eigenvalue weighted by atomic mass is 10.1. The molecule has 1 rings (SSSR count). The molecule has 1 N–H and O–H groups in total. The number of hydrogen-bond acceptors (Lipinski definition) is 2. The molecule has 0 spiro atoms. The van der Waals surface area contributed by atoms with Gasteiger partial charge < -0.3 is 10.1 Å². The third-order valence-corrected chi connectivity index (χ3v) is 2.47. The molecular weight excluding hydrogens is 205 g/mol. The van der Waals surface area contributed by atoms with Gasteiger partial charge in [0.2, 0.25) is 0 Å². The van der Waals surface area contributed by atoms with Crippen LogP contribution in [-0.4, -0.2) is 26.8 Å². The van der Waals surface area contributed by atoms with E-state index in [1.165, 1.54) is 6.07 Å². The van der Waals surface area contributed by atoms with Gasteiger partial charge in [-0.3, -0.25) is 0 Å². The Labute approximate surface area is 96.8 Å². The Morgan fingerprint density at radius 1 is 1.38 bits per heavy atom. The second-order valence-electron chi connectivity index (χ2n) is 4.11. The predicted octanol–water partition coefficient (Wildman–Crippen LogP) is 2.24. The molecule has 2 nitrogen and oxygen atoms in total. The highest BCUT2D eigenvalue weighted by molar-refractivity contribution is 5.17. The Morgan fingerprint density at radius 2 is 2.12 bits per heavy atom. The Bertz CT molecular complexity index is 304. The van der Waals surface area contributed by atoms with E-state index in [1.807, 2.05) is 12.1 Å². The normalized spacial score (nSPS) is 12.7. The summed E-state index contributed by atoms with van der Waals surface area (Å²) in [7, 11) is 1.70. The first-order valence-electron chi connectivity index (χ1n) is 5.67. The van der Waals surface area contributed by atoms with Crippen molar-refractivity contribution in [3.8, 4) is 0 Å². The van der Waals surface area contributed by atoms with Gasteiger partial charge >= 0.3 is 0 Å². The van der Waals surface area contributed by atoms with Crippen LogP contribution >= 0.6 is 0 Å². The molecule has 90 valence electrons. The molecule has 0 aliphatic carbocycles. The highest BCUT2D eigenvalue weighted by atomic mass is 19.1. The number of halogens is 1. The number of methoxy groups -OCH3 is 1. The molecule has 0 aromatic heterocycles. The van der Waals surface area contributed by atoms with Crippen molar-refractivity contribution in [2.45, 2.75) is 13.3 Å². The molecule has 0 heterocycles. The maximum Gasteiger partial charge on any atom is 0.126 e. The van der Waals surface area contributed by atoms with Crippen molar-refractivity contribution in [3.63, 3.8) is 0 Å².